The maximum Gasteiger partial charge on any atom is 0.319 e. The molecule has 0 aromatic heterocycles. The Balaban J connectivity index is 2.16. The average molecular weight is 268 g/mol. The van der Waals surface area contributed by atoms with E-state index < -0.39 is 0 Å². The number of benzene rings is 1. The highest BCUT2D eigenvalue weighted by Gasteiger charge is 2.01. The van der Waals surface area contributed by atoms with E-state index in [2.05, 4.69) is 15.8 Å². The van der Waals surface area contributed by atoms with Crippen LogP contribution in [0.2, 0.25) is 0 Å². The molecule has 0 spiro atoms. The van der Waals surface area contributed by atoms with Crippen LogP contribution in [0.4, 0.5) is 14.9 Å². The normalized spacial score (nSPS) is 11.1. The Morgan fingerprint density at radius 1 is 1.32 bits per heavy atom. The number of carbonyl (C=O) groups is 1. The van der Waals surface area contributed by atoms with Crippen molar-refractivity contribution in [2.75, 3.05) is 11.9 Å². The quantitative estimate of drug-likeness (QED) is 0.208. The summed E-state index contributed by atoms with van der Waals surface area (Å²) in [6, 6.07) is 5.15. The van der Waals surface area contributed by atoms with Gasteiger partial charge in [0.25, 0.3) is 0 Å². The van der Waals surface area contributed by atoms with Crippen LogP contribution in [0.15, 0.2) is 29.4 Å². The van der Waals surface area contributed by atoms with Crippen molar-refractivity contribution in [3.8, 4) is 0 Å². The van der Waals surface area contributed by atoms with Crippen LogP contribution in [-0.2, 0) is 0 Å². The van der Waals surface area contributed by atoms with Crippen LogP contribution in [0, 0.1) is 5.82 Å². The maximum absolute atomic E-state index is 12.6. The molecule has 1 aromatic carbocycles. The molecule has 0 aliphatic heterocycles. The average Bonchev–Trinajstić information content (AvgIpc) is 2.40. The SMILES string of the molecule is NC(CCCCNC(=O)Nc1ccc(F)cc1)=NO. The zero-order valence-electron chi connectivity index (χ0n) is 10.4. The monoisotopic (exact) mass is 268 g/mol. The van der Waals surface area contributed by atoms with Gasteiger partial charge in [0.1, 0.15) is 11.7 Å². The zero-order valence-corrected chi connectivity index (χ0v) is 10.4. The molecule has 6 nitrogen and oxygen atoms in total. The summed E-state index contributed by atoms with van der Waals surface area (Å²) >= 11 is 0. The third kappa shape index (κ3) is 6.25. The van der Waals surface area contributed by atoms with Crippen LogP contribution in [0.5, 0.6) is 0 Å². The number of nitrogens with zero attached hydrogens (tertiary/aromatic N) is 1. The van der Waals surface area contributed by atoms with E-state index in [4.69, 9.17) is 10.9 Å². The molecular weight excluding hydrogens is 251 g/mol. The number of carbonyl (C=O) groups excluding carboxylic acids is 1. The van der Waals surface area contributed by atoms with Gasteiger partial charge < -0.3 is 21.6 Å². The van der Waals surface area contributed by atoms with Crippen LogP contribution < -0.4 is 16.4 Å². The lowest BCUT2D eigenvalue weighted by Crippen LogP contribution is -2.29. The molecule has 1 aromatic rings. The highest BCUT2D eigenvalue weighted by Crippen LogP contribution is 2.07. The molecule has 0 saturated carbocycles. The number of amidine groups is 1. The van der Waals surface area contributed by atoms with Crippen molar-refractivity contribution in [1.82, 2.24) is 5.32 Å². The fraction of sp³-hybridized carbons (Fsp3) is 0.333. The Kier molecular flexibility index (Phi) is 6.14. The third-order valence-corrected chi connectivity index (χ3v) is 2.38. The van der Waals surface area contributed by atoms with Gasteiger partial charge in [0.15, 0.2) is 0 Å². The van der Waals surface area contributed by atoms with Crippen LogP contribution in [0.1, 0.15) is 19.3 Å². The first-order valence-electron chi connectivity index (χ1n) is 5.88. The molecular formula is C12H17FN4O2. The van der Waals surface area contributed by atoms with Crippen molar-refractivity contribution in [2.24, 2.45) is 10.9 Å². The molecule has 7 heteroatoms. The van der Waals surface area contributed by atoms with E-state index in [9.17, 15) is 9.18 Å². The molecule has 0 saturated heterocycles. The number of unbranched alkanes of at least 4 members (excludes halogenated alkanes) is 1. The predicted molar refractivity (Wildman–Crippen MR) is 70.7 cm³/mol. The zero-order chi connectivity index (χ0) is 14.1. The standard InChI is InChI=1S/C12H17FN4O2/c13-9-4-6-10(7-5-9)16-12(18)15-8-2-1-3-11(14)17-19/h4-7,19H,1-3,8H2,(H2,14,17)(H2,15,16,18). The Labute approximate surface area is 110 Å². The molecule has 104 valence electrons. The first-order chi connectivity index (χ1) is 9.11. The summed E-state index contributed by atoms with van der Waals surface area (Å²) in [6.45, 7) is 0.478. The first-order valence-corrected chi connectivity index (χ1v) is 5.88. The van der Waals surface area contributed by atoms with E-state index in [0.29, 0.717) is 31.5 Å². The highest BCUT2D eigenvalue weighted by molar-refractivity contribution is 5.89. The largest absolute Gasteiger partial charge is 0.409 e. The van der Waals surface area contributed by atoms with Crippen molar-refractivity contribution in [1.29, 1.82) is 0 Å². The number of rotatable bonds is 6. The Hall–Kier alpha value is -2.31. The van der Waals surface area contributed by atoms with E-state index in [1.54, 1.807) is 0 Å². The molecule has 0 heterocycles. The van der Waals surface area contributed by atoms with Crippen molar-refractivity contribution in [2.45, 2.75) is 19.3 Å². The van der Waals surface area contributed by atoms with Crippen LogP contribution >= 0.6 is 0 Å². The van der Waals surface area contributed by atoms with Gasteiger partial charge in [0.05, 0.1) is 0 Å². The second-order valence-corrected chi connectivity index (χ2v) is 3.94. The minimum absolute atomic E-state index is 0.177. The van der Waals surface area contributed by atoms with Crippen molar-refractivity contribution < 1.29 is 14.4 Å². The second-order valence-electron chi connectivity index (χ2n) is 3.94. The molecule has 0 unspecified atom stereocenters. The van der Waals surface area contributed by atoms with Gasteiger partial charge in [0.2, 0.25) is 0 Å². The number of oxime groups is 1. The van der Waals surface area contributed by atoms with Crippen LogP contribution in [0.3, 0.4) is 0 Å². The van der Waals surface area contributed by atoms with Crippen molar-refractivity contribution in [3.63, 3.8) is 0 Å². The van der Waals surface area contributed by atoms with Gasteiger partial charge in [-0.05, 0) is 37.1 Å². The van der Waals surface area contributed by atoms with Crippen LogP contribution in [-0.4, -0.2) is 23.6 Å². The van der Waals surface area contributed by atoms with Gasteiger partial charge in [0, 0.05) is 18.7 Å². The topological polar surface area (TPSA) is 99.7 Å². The number of halogens is 1. The van der Waals surface area contributed by atoms with Crippen LogP contribution in [0.25, 0.3) is 0 Å². The number of hydrogen-bond acceptors (Lipinski definition) is 3. The molecule has 1 rings (SSSR count). The molecule has 0 atom stereocenters. The van der Waals surface area contributed by atoms with Gasteiger partial charge in [-0.15, -0.1) is 0 Å². The lowest BCUT2D eigenvalue weighted by molar-refractivity contribution is 0.252. The fourth-order valence-electron chi connectivity index (χ4n) is 1.39. The summed E-state index contributed by atoms with van der Waals surface area (Å²) in [5.74, 6) is -0.176. The Bertz CT molecular complexity index is 434. The van der Waals surface area contributed by atoms with Crippen molar-refractivity contribution >= 4 is 17.6 Å². The molecule has 0 aliphatic rings. The number of urea groups is 1. The molecule has 0 radical (unpaired) electrons. The fourth-order valence-corrected chi connectivity index (χ4v) is 1.39. The summed E-state index contributed by atoms with van der Waals surface area (Å²) in [7, 11) is 0. The van der Waals surface area contributed by atoms with E-state index in [-0.39, 0.29) is 17.7 Å². The minimum atomic E-state index is -0.353. The molecule has 2 amide bonds. The predicted octanol–water partition coefficient (Wildman–Crippen LogP) is 1.86. The number of amides is 2. The smallest absolute Gasteiger partial charge is 0.319 e. The summed E-state index contributed by atoms with van der Waals surface area (Å²) < 4.78 is 12.6. The summed E-state index contributed by atoms with van der Waals surface area (Å²) in [5, 5.41) is 16.4. The number of hydrogen-bond donors (Lipinski definition) is 4. The van der Waals surface area contributed by atoms with E-state index in [1.807, 2.05) is 0 Å². The maximum atomic E-state index is 12.6. The van der Waals surface area contributed by atoms with Gasteiger partial charge in [-0.25, -0.2) is 9.18 Å². The summed E-state index contributed by atoms with van der Waals surface area (Å²) in [4.78, 5) is 11.4. The van der Waals surface area contributed by atoms with Gasteiger partial charge in [-0.3, -0.25) is 0 Å². The lowest BCUT2D eigenvalue weighted by atomic mass is 10.2. The number of nitrogens with two attached hydrogens (primary N) is 1. The lowest BCUT2D eigenvalue weighted by Gasteiger charge is -2.07. The summed E-state index contributed by atoms with van der Waals surface area (Å²) in [5.41, 5.74) is 5.82. The Morgan fingerprint density at radius 3 is 2.63 bits per heavy atom. The van der Waals surface area contributed by atoms with E-state index in [0.717, 1.165) is 0 Å². The molecule has 19 heavy (non-hydrogen) atoms. The molecule has 5 N–H and O–H groups in total. The van der Waals surface area contributed by atoms with Gasteiger partial charge in [-0.2, -0.15) is 0 Å². The van der Waals surface area contributed by atoms with E-state index in [1.165, 1.54) is 24.3 Å². The molecule has 0 fully saturated rings. The molecule has 0 aliphatic carbocycles. The second kappa shape index (κ2) is 7.91. The number of nitrogens with one attached hydrogen (secondary N) is 2. The number of anilines is 1. The van der Waals surface area contributed by atoms with Gasteiger partial charge >= 0.3 is 6.03 Å². The van der Waals surface area contributed by atoms with E-state index >= 15 is 0 Å². The summed E-state index contributed by atoms with van der Waals surface area (Å²) in [6.07, 6.45) is 1.91. The first kappa shape index (κ1) is 14.7. The Morgan fingerprint density at radius 2 is 2.00 bits per heavy atom. The molecule has 0 bridgehead atoms. The van der Waals surface area contributed by atoms with Crippen molar-refractivity contribution in [3.05, 3.63) is 30.1 Å². The van der Waals surface area contributed by atoms with Gasteiger partial charge in [-0.1, -0.05) is 5.16 Å². The third-order valence-electron chi connectivity index (χ3n) is 2.38. The minimum Gasteiger partial charge on any atom is -0.409 e. The highest BCUT2D eigenvalue weighted by atomic mass is 19.1.